The number of imidazole rings is 1. The van der Waals surface area contributed by atoms with E-state index in [-0.39, 0.29) is 18.1 Å². The highest BCUT2D eigenvalue weighted by atomic mass is 19.4. The molecule has 0 aliphatic carbocycles. The van der Waals surface area contributed by atoms with E-state index in [0.717, 1.165) is 6.42 Å². The Bertz CT molecular complexity index is 1180. The zero-order chi connectivity index (χ0) is 21.3. The molecule has 0 bridgehead atoms. The summed E-state index contributed by atoms with van der Waals surface area (Å²) in [5.74, 6) is -0.481. The first-order valence-electron chi connectivity index (χ1n) is 9.26. The van der Waals surface area contributed by atoms with E-state index in [2.05, 4.69) is 25.0 Å². The van der Waals surface area contributed by atoms with Crippen LogP contribution in [0.2, 0.25) is 0 Å². The number of fused-ring (bicyclic) bond motifs is 1. The van der Waals surface area contributed by atoms with E-state index >= 15 is 0 Å². The third-order valence-electron chi connectivity index (χ3n) is 4.48. The maximum Gasteiger partial charge on any atom is 0.396 e. The van der Waals surface area contributed by atoms with E-state index in [1.54, 1.807) is 10.8 Å². The molecule has 0 atom stereocenters. The van der Waals surface area contributed by atoms with Crippen molar-refractivity contribution in [2.75, 3.05) is 0 Å². The molecule has 0 N–H and O–H groups in total. The molecule has 156 valence electrons. The Morgan fingerprint density at radius 2 is 1.93 bits per heavy atom. The molecule has 0 aliphatic rings. The van der Waals surface area contributed by atoms with E-state index in [9.17, 15) is 17.6 Å². The maximum atomic E-state index is 14.2. The van der Waals surface area contributed by atoms with E-state index in [0.29, 0.717) is 29.1 Å². The topological polar surface area (TPSA) is 73.8 Å². The lowest BCUT2D eigenvalue weighted by Gasteiger charge is -2.12. The number of halogens is 4. The van der Waals surface area contributed by atoms with Gasteiger partial charge in [-0.1, -0.05) is 13.3 Å². The third kappa shape index (κ3) is 4.00. The normalized spacial score (nSPS) is 12.0. The van der Waals surface area contributed by atoms with Crippen LogP contribution in [0, 0.1) is 5.82 Å². The molecule has 4 aromatic heterocycles. The molecule has 0 fully saturated rings. The van der Waals surface area contributed by atoms with Crippen LogP contribution >= 0.6 is 0 Å². The molecular formula is C19H17F4N7. The van der Waals surface area contributed by atoms with E-state index in [1.165, 1.54) is 35.4 Å². The van der Waals surface area contributed by atoms with Gasteiger partial charge in [-0.2, -0.15) is 13.2 Å². The van der Waals surface area contributed by atoms with Gasteiger partial charge in [-0.25, -0.2) is 28.8 Å². The fourth-order valence-corrected chi connectivity index (χ4v) is 3.25. The summed E-state index contributed by atoms with van der Waals surface area (Å²) in [7, 11) is 0. The second-order valence-electron chi connectivity index (χ2n) is 6.72. The minimum absolute atomic E-state index is 0.107. The van der Waals surface area contributed by atoms with Crippen LogP contribution in [0.3, 0.4) is 0 Å². The smallest absolute Gasteiger partial charge is 0.324 e. The summed E-state index contributed by atoms with van der Waals surface area (Å²) in [6.07, 6.45) is 1.70. The Labute approximate surface area is 168 Å². The monoisotopic (exact) mass is 419 g/mol. The first-order chi connectivity index (χ1) is 14.4. The molecule has 0 aliphatic heterocycles. The standard InChI is InChI=1S/C19H17F4N7/c1-2-4-12-14(26-11-30-17(12)27-15(28-30)9-19(21,22)23)10-29-8-7-25-18(29)16-13(20)5-3-6-24-16/h3,5-8,11H,2,4,9-10H2,1H3. The van der Waals surface area contributed by atoms with Gasteiger partial charge in [0, 0.05) is 24.2 Å². The molecular weight excluding hydrogens is 402 g/mol. The second kappa shape index (κ2) is 7.81. The van der Waals surface area contributed by atoms with Gasteiger partial charge in [0.1, 0.15) is 18.4 Å². The third-order valence-corrected chi connectivity index (χ3v) is 4.48. The molecule has 0 unspecified atom stereocenters. The number of pyridine rings is 1. The fourth-order valence-electron chi connectivity index (χ4n) is 3.25. The van der Waals surface area contributed by atoms with E-state index < -0.39 is 18.4 Å². The summed E-state index contributed by atoms with van der Waals surface area (Å²) in [5, 5.41) is 3.90. The Morgan fingerprint density at radius 3 is 2.67 bits per heavy atom. The molecule has 0 spiro atoms. The van der Waals surface area contributed by atoms with Gasteiger partial charge in [0.25, 0.3) is 0 Å². The second-order valence-corrected chi connectivity index (χ2v) is 6.72. The van der Waals surface area contributed by atoms with Crippen molar-refractivity contribution in [2.24, 2.45) is 0 Å². The predicted molar refractivity (Wildman–Crippen MR) is 99.1 cm³/mol. The first kappa shape index (κ1) is 19.9. The summed E-state index contributed by atoms with van der Waals surface area (Å²) >= 11 is 0. The van der Waals surface area contributed by atoms with Crippen LogP contribution in [-0.4, -0.2) is 40.3 Å². The lowest BCUT2D eigenvalue weighted by Crippen LogP contribution is -2.12. The summed E-state index contributed by atoms with van der Waals surface area (Å²) in [4.78, 5) is 16.7. The zero-order valence-corrected chi connectivity index (χ0v) is 15.9. The van der Waals surface area contributed by atoms with Crippen LogP contribution in [0.5, 0.6) is 0 Å². The van der Waals surface area contributed by atoms with Gasteiger partial charge < -0.3 is 4.57 Å². The van der Waals surface area contributed by atoms with E-state index in [4.69, 9.17) is 0 Å². The van der Waals surface area contributed by atoms with Crippen molar-refractivity contribution in [3.05, 3.63) is 59.9 Å². The van der Waals surface area contributed by atoms with Crippen LogP contribution in [0.1, 0.15) is 30.4 Å². The van der Waals surface area contributed by atoms with Crippen molar-refractivity contribution in [3.63, 3.8) is 0 Å². The van der Waals surface area contributed by atoms with Crippen molar-refractivity contribution in [1.29, 1.82) is 0 Å². The Morgan fingerprint density at radius 1 is 1.10 bits per heavy atom. The number of hydrogen-bond acceptors (Lipinski definition) is 5. The quantitative estimate of drug-likeness (QED) is 0.446. The molecule has 0 saturated carbocycles. The summed E-state index contributed by atoms with van der Waals surface area (Å²) < 4.78 is 55.3. The van der Waals surface area contributed by atoms with Crippen LogP contribution < -0.4 is 0 Å². The molecule has 30 heavy (non-hydrogen) atoms. The number of rotatable bonds is 6. The predicted octanol–water partition coefficient (Wildman–Crippen LogP) is 3.63. The Balaban J connectivity index is 1.74. The average Bonchev–Trinajstić information content (AvgIpc) is 3.29. The molecule has 0 saturated heterocycles. The van der Waals surface area contributed by atoms with Crippen molar-refractivity contribution in [2.45, 2.75) is 38.9 Å². The summed E-state index contributed by atoms with van der Waals surface area (Å²) in [6.45, 7) is 2.19. The van der Waals surface area contributed by atoms with Gasteiger partial charge in [-0.3, -0.25) is 0 Å². The SMILES string of the molecule is CCCc1c(Cn2ccnc2-c2ncccc2F)ncn2nc(CC(F)(F)F)nc12. The average molecular weight is 419 g/mol. The van der Waals surface area contributed by atoms with Crippen molar-refractivity contribution >= 4 is 5.65 Å². The molecule has 4 aromatic rings. The zero-order valence-electron chi connectivity index (χ0n) is 15.9. The highest BCUT2D eigenvalue weighted by Crippen LogP contribution is 2.23. The molecule has 11 heteroatoms. The Hall–Kier alpha value is -3.37. The van der Waals surface area contributed by atoms with Gasteiger partial charge in [0.15, 0.2) is 23.1 Å². The fraction of sp³-hybridized carbons (Fsp3) is 0.316. The van der Waals surface area contributed by atoms with Gasteiger partial charge in [-0.05, 0) is 18.6 Å². The number of nitrogens with zero attached hydrogens (tertiary/aromatic N) is 7. The molecule has 0 aromatic carbocycles. The summed E-state index contributed by atoms with van der Waals surface area (Å²) in [6, 6.07) is 2.79. The summed E-state index contributed by atoms with van der Waals surface area (Å²) in [5.41, 5.74) is 1.75. The number of aromatic nitrogens is 7. The lowest BCUT2D eigenvalue weighted by molar-refractivity contribution is -0.128. The van der Waals surface area contributed by atoms with E-state index in [1.807, 2.05) is 6.92 Å². The highest BCUT2D eigenvalue weighted by Gasteiger charge is 2.30. The number of hydrogen-bond donors (Lipinski definition) is 0. The van der Waals surface area contributed by atoms with Crippen LogP contribution in [0.4, 0.5) is 17.6 Å². The first-order valence-corrected chi connectivity index (χ1v) is 9.26. The molecule has 7 nitrogen and oxygen atoms in total. The van der Waals surface area contributed by atoms with Gasteiger partial charge >= 0.3 is 6.18 Å². The van der Waals surface area contributed by atoms with Crippen molar-refractivity contribution < 1.29 is 17.6 Å². The highest BCUT2D eigenvalue weighted by molar-refractivity contribution is 5.52. The Kier molecular flexibility index (Phi) is 5.18. The van der Waals surface area contributed by atoms with Gasteiger partial charge in [0.2, 0.25) is 0 Å². The molecule has 4 heterocycles. The minimum Gasteiger partial charge on any atom is -0.324 e. The number of alkyl halides is 3. The van der Waals surface area contributed by atoms with Crippen LogP contribution in [-0.2, 0) is 19.4 Å². The van der Waals surface area contributed by atoms with Crippen LogP contribution in [0.15, 0.2) is 37.1 Å². The molecule has 0 radical (unpaired) electrons. The maximum absolute atomic E-state index is 14.2. The minimum atomic E-state index is -4.40. The molecule has 4 rings (SSSR count). The van der Waals surface area contributed by atoms with Crippen LogP contribution in [0.25, 0.3) is 17.2 Å². The van der Waals surface area contributed by atoms with Gasteiger partial charge in [0.05, 0.1) is 12.2 Å². The van der Waals surface area contributed by atoms with Crippen molar-refractivity contribution in [1.82, 2.24) is 34.1 Å². The molecule has 0 amide bonds. The largest absolute Gasteiger partial charge is 0.396 e. The van der Waals surface area contributed by atoms with Crippen molar-refractivity contribution in [3.8, 4) is 11.5 Å². The van der Waals surface area contributed by atoms with Gasteiger partial charge in [-0.15, -0.1) is 5.10 Å². The lowest BCUT2D eigenvalue weighted by atomic mass is 10.1. The number of aryl methyl sites for hydroxylation is 1.